The Morgan fingerprint density at radius 2 is 2.50 bits per heavy atom. The first-order valence-electron chi connectivity index (χ1n) is 2.87. The molecule has 0 saturated carbocycles. The summed E-state index contributed by atoms with van der Waals surface area (Å²) in [6.45, 7) is 4.32. The van der Waals surface area contributed by atoms with Crippen molar-refractivity contribution in [2.75, 3.05) is 6.54 Å². The summed E-state index contributed by atoms with van der Waals surface area (Å²) in [5.74, 6) is 0. The third-order valence-electron chi connectivity index (χ3n) is 1.43. The minimum absolute atomic E-state index is 0.155. The van der Waals surface area contributed by atoms with E-state index in [9.17, 15) is 0 Å². The molecule has 2 unspecified atom stereocenters. The molecule has 1 aliphatic heterocycles. The molecule has 1 aliphatic rings. The number of nitrogens with one attached hydrogen (secondary N) is 1. The Kier molecular flexibility index (Phi) is 1.65. The van der Waals surface area contributed by atoms with Crippen molar-refractivity contribution in [2.24, 2.45) is 0 Å². The van der Waals surface area contributed by atoms with E-state index in [1.54, 1.807) is 0 Å². The Hall–Kier alpha value is -0.340. The standard InChI is InChI=1S/C6H11NO/c1-2-5-3-6(8)4-7-5/h2,5-8H,1,3-4H2. The Morgan fingerprint density at radius 3 is 2.75 bits per heavy atom. The van der Waals surface area contributed by atoms with Crippen molar-refractivity contribution in [1.29, 1.82) is 0 Å². The summed E-state index contributed by atoms with van der Waals surface area (Å²) in [4.78, 5) is 0. The first-order valence-corrected chi connectivity index (χ1v) is 2.87. The van der Waals surface area contributed by atoms with Crippen LogP contribution in [0.15, 0.2) is 12.7 Å². The van der Waals surface area contributed by atoms with Crippen LogP contribution >= 0.6 is 0 Å². The summed E-state index contributed by atoms with van der Waals surface area (Å²) < 4.78 is 0. The molecule has 0 aromatic carbocycles. The predicted octanol–water partition coefficient (Wildman–Crippen LogP) is -0.105. The third kappa shape index (κ3) is 1.08. The van der Waals surface area contributed by atoms with Crippen molar-refractivity contribution < 1.29 is 5.11 Å². The second-order valence-corrected chi connectivity index (χ2v) is 2.14. The largest absolute Gasteiger partial charge is 0.392 e. The molecule has 0 amide bonds. The van der Waals surface area contributed by atoms with Crippen molar-refractivity contribution in [3.63, 3.8) is 0 Å². The lowest BCUT2D eigenvalue weighted by atomic mass is 10.2. The van der Waals surface area contributed by atoms with Gasteiger partial charge in [0.15, 0.2) is 0 Å². The lowest BCUT2D eigenvalue weighted by Gasteiger charge is -1.98. The monoisotopic (exact) mass is 113 g/mol. The average Bonchev–Trinajstić information content (AvgIpc) is 2.14. The zero-order valence-electron chi connectivity index (χ0n) is 4.80. The van der Waals surface area contributed by atoms with Crippen LogP contribution < -0.4 is 5.32 Å². The highest BCUT2D eigenvalue weighted by atomic mass is 16.3. The number of hydrogen-bond acceptors (Lipinski definition) is 2. The van der Waals surface area contributed by atoms with Gasteiger partial charge >= 0.3 is 0 Å². The fraction of sp³-hybridized carbons (Fsp3) is 0.667. The van der Waals surface area contributed by atoms with Crippen molar-refractivity contribution in [2.45, 2.75) is 18.6 Å². The maximum absolute atomic E-state index is 8.92. The number of aliphatic hydroxyl groups is 1. The molecular weight excluding hydrogens is 102 g/mol. The molecule has 0 aromatic heterocycles. The SMILES string of the molecule is C=CC1CC(O)CN1. The van der Waals surface area contributed by atoms with E-state index in [0.717, 1.165) is 13.0 Å². The average molecular weight is 113 g/mol. The molecule has 1 saturated heterocycles. The van der Waals surface area contributed by atoms with Gasteiger partial charge in [-0.3, -0.25) is 0 Å². The molecule has 2 nitrogen and oxygen atoms in total. The van der Waals surface area contributed by atoms with Crippen LogP contribution in [0.5, 0.6) is 0 Å². The van der Waals surface area contributed by atoms with Gasteiger partial charge in [0.05, 0.1) is 6.10 Å². The highest BCUT2D eigenvalue weighted by molar-refractivity contribution is 4.92. The summed E-state index contributed by atoms with van der Waals surface area (Å²) in [6, 6.07) is 0.338. The van der Waals surface area contributed by atoms with Crippen molar-refractivity contribution >= 4 is 0 Å². The van der Waals surface area contributed by atoms with Crippen LogP contribution in [-0.2, 0) is 0 Å². The predicted molar refractivity (Wildman–Crippen MR) is 32.6 cm³/mol. The lowest BCUT2D eigenvalue weighted by molar-refractivity contribution is 0.194. The summed E-state index contributed by atoms with van der Waals surface area (Å²) in [5.41, 5.74) is 0. The second-order valence-electron chi connectivity index (χ2n) is 2.14. The summed E-state index contributed by atoms with van der Waals surface area (Å²) >= 11 is 0. The Balaban J connectivity index is 2.32. The maximum Gasteiger partial charge on any atom is 0.0682 e. The summed E-state index contributed by atoms with van der Waals surface area (Å²) in [6.07, 6.45) is 2.50. The molecule has 0 radical (unpaired) electrons. The van der Waals surface area contributed by atoms with Gasteiger partial charge in [0.1, 0.15) is 0 Å². The Bertz CT molecular complexity index is 92.5. The van der Waals surface area contributed by atoms with Crippen LogP contribution in [0, 0.1) is 0 Å². The van der Waals surface area contributed by atoms with E-state index in [2.05, 4.69) is 11.9 Å². The fourth-order valence-electron chi connectivity index (χ4n) is 0.927. The van der Waals surface area contributed by atoms with Crippen LogP contribution in [0.3, 0.4) is 0 Å². The molecule has 2 heteroatoms. The molecule has 0 aliphatic carbocycles. The smallest absolute Gasteiger partial charge is 0.0682 e. The lowest BCUT2D eigenvalue weighted by Crippen LogP contribution is -2.18. The van der Waals surface area contributed by atoms with Crippen molar-refractivity contribution in [1.82, 2.24) is 5.32 Å². The van der Waals surface area contributed by atoms with E-state index in [0.29, 0.717) is 6.04 Å². The molecule has 2 N–H and O–H groups in total. The highest BCUT2D eigenvalue weighted by Crippen LogP contribution is 2.05. The number of β-amino-alcohol motifs (C(OH)–C–C–N with tert-alkyl or cyclic N) is 1. The van der Waals surface area contributed by atoms with E-state index in [4.69, 9.17) is 5.11 Å². The molecular formula is C6H11NO. The molecule has 1 heterocycles. The topological polar surface area (TPSA) is 32.3 Å². The van der Waals surface area contributed by atoms with Gasteiger partial charge in [-0.1, -0.05) is 6.08 Å². The molecule has 1 rings (SSSR count). The third-order valence-corrected chi connectivity index (χ3v) is 1.43. The van der Waals surface area contributed by atoms with Crippen LogP contribution in [0.2, 0.25) is 0 Å². The van der Waals surface area contributed by atoms with E-state index in [1.807, 2.05) is 6.08 Å². The Morgan fingerprint density at radius 1 is 1.75 bits per heavy atom. The van der Waals surface area contributed by atoms with E-state index in [1.165, 1.54) is 0 Å². The van der Waals surface area contributed by atoms with E-state index >= 15 is 0 Å². The van der Waals surface area contributed by atoms with Crippen LogP contribution in [0.4, 0.5) is 0 Å². The zero-order chi connectivity index (χ0) is 5.98. The fourth-order valence-corrected chi connectivity index (χ4v) is 0.927. The molecule has 0 spiro atoms. The molecule has 0 bridgehead atoms. The minimum atomic E-state index is -0.155. The summed E-state index contributed by atoms with van der Waals surface area (Å²) in [7, 11) is 0. The minimum Gasteiger partial charge on any atom is -0.392 e. The van der Waals surface area contributed by atoms with E-state index in [-0.39, 0.29) is 6.10 Å². The Labute approximate surface area is 49.2 Å². The maximum atomic E-state index is 8.92. The molecule has 1 fully saturated rings. The summed E-state index contributed by atoms with van der Waals surface area (Å²) in [5, 5.41) is 12.0. The van der Waals surface area contributed by atoms with Gasteiger partial charge in [-0.15, -0.1) is 6.58 Å². The van der Waals surface area contributed by atoms with Crippen molar-refractivity contribution in [3.8, 4) is 0 Å². The second kappa shape index (κ2) is 2.29. The molecule has 0 aromatic rings. The van der Waals surface area contributed by atoms with Gasteiger partial charge < -0.3 is 10.4 Å². The van der Waals surface area contributed by atoms with Crippen molar-refractivity contribution in [3.05, 3.63) is 12.7 Å². The number of rotatable bonds is 1. The zero-order valence-corrected chi connectivity index (χ0v) is 4.80. The highest BCUT2D eigenvalue weighted by Gasteiger charge is 2.18. The number of aliphatic hydroxyl groups excluding tert-OH is 1. The van der Waals surface area contributed by atoms with Crippen LogP contribution in [0.25, 0.3) is 0 Å². The van der Waals surface area contributed by atoms with Gasteiger partial charge in [-0.25, -0.2) is 0 Å². The quantitative estimate of drug-likeness (QED) is 0.465. The van der Waals surface area contributed by atoms with Crippen LogP contribution in [0.1, 0.15) is 6.42 Å². The van der Waals surface area contributed by atoms with Gasteiger partial charge in [0.2, 0.25) is 0 Å². The molecule has 2 atom stereocenters. The van der Waals surface area contributed by atoms with Gasteiger partial charge in [-0.05, 0) is 6.42 Å². The first kappa shape index (κ1) is 5.79. The normalized spacial score (nSPS) is 37.6. The first-order chi connectivity index (χ1) is 3.83. The molecule has 46 valence electrons. The number of hydrogen-bond donors (Lipinski definition) is 2. The van der Waals surface area contributed by atoms with E-state index < -0.39 is 0 Å². The van der Waals surface area contributed by atoms with Crippen LogP contribution in [-0.4, -0.2) is 23.8 Å². The van der Waals surface area contributed by atoms with Gasteiger partial charge in [0.25, 0.3) is 0 Å². The molecule has 8 heavy (non-hydrogen) atoms. The van der Waals surface area contributed by atoms with Gasteiger partial charge in [0, 0.05) is 12.6 Å². The van der Waals surface area contributed by atoms with Gasteiger partial charge in [-0.2, -0.15) is 0 Å².